The van der Waals surface area contributed by atoms with Crippen molar-refractivity contribution < 1.29 is 19.1 Å². The number of rotatable bonds is 2. The molecule has 7 heteroatoms. The number of nitrogens with two attached hydrogens (primary N) is 1. The molecule has 1 aliphatic heterocycles. The second-order valence-electron chi connectivity index (χ2n) is 5.32. The Balaban J connectivity index is 2.40. The van der Waals surface area contributed by atoms with Crippen molar-refractivity contribution in [2.75, 3.05) is 19.4 Å². The molecular weight excluding hydrogens is 274 g/mol. The predicted molar refractivity (Wildman–Crippen MR) is 75.7 cm³/mol. The first-order valence-electron chi connectivity index (χ1n) is 6.36. The molecular formula is C14H17N3O4. The molecule has 7 nitrogen and oxygen atoms in total. The highest BCUT2D eigenvalue weighted by Crippen LogP contribution is 2.24. The Morgan fingerprint density at radius 2 is 2.00 bits per heavy atom. The van der Waals surface area contributed by atoms with Crippen LogP contribution in [0.2, 0.25) is 0 Å². The molecule has 112 valence electrons. The number of carbonyl (C=O) groups is 3. The number of nitrogen functional groups attached to an aromatic ring is 1. The Labute approximate surface area is 122 Å². The maximum atomic E-state index is 12.6. The van der Waals surface area contributed by atoms with Crippen LogP contribution in [0.1, 0.15) is 24.2 Å². The van der Waals surface area contributed by atoms with E-state index in [1.165, 1.54) is 24.1 Å². The van der Waals surface area contributed by atoms with Gasteiger partial charge in [0.25, 0.3) is 11.8 Å². The second-order valence-corrected chi connectivity index (χ2v) is 5.32. The maximum absolute atomic E-state index is 12.6. The van der Waals surface area contributed by atoms with Crippen molar-refractivity contribution in [3.8, 4) is 5.75 Å². The average molecular weight is 291 g/mol. The minimum absolute atomic E-state index is 0.186. The van der Waals surface area contributed by atoms with Gasteiger partial charge in [-0.1, -0.05) is 0 Å². The molecule has 21 heavy (non-hydrogen) atoms. The van der Waals surface area contributed by atoms with Crippen LogP contribution in [-0.2, 0) is 9.59 Å². The second kappa shape index (κ2) is 5.08. The van der Waals surface area contributed by atoms with Crippen molar-refractivity contribution in [1.82, 2.24) is 10.2 Å². The summed E-state index contributed by atoms with van der Waals surface area (Å²) in [4.78, 5) is 37.2. The summed E-state index contributed by atoms with van der Waals surface area (Å²) in [6.45, 7) is 2.97. The van der Waals surface area contributed by atoms with Gasteiger partial charge >= 0.3 is 0 Å². The summed E-state index contributed by atoms with van der Waals surface area (Å²) in [6.07, 6.45) is 0. The summed E-state index contributed by atoms with van der Waals surface area (Å²) >= 11 is 0. The third-order valence-corrected chi connectivity index (χ3v) is 3.44. The molecule has 3 amide bonds. The number of benzene rings is 1. The Kier molecular flexibility index (Phi) is 3.59. The van der Waals surface area contributed by atoms with E-state index in [2.05, 4.69) is 5.32 Å². The lowest BCUT2D eigenvalue weighted by Gasteiger charge is -2.40. The Morgan fingerprint density at radius 1 is 1.33 bits per heavy atom. The van der Waals surface area contributed by atoms with Crippen LogP contribution in [0.4, 0.5) is 5.69 Å². The van der Waals surface area contributed by atoms with Gasteiger partial charge in [0.2, 0.25) is 5.91 Å². The van der Waals surface area contributed by atoms with Gasteiger partial charge in [-0.2, -0.15) is 0 Å². The lowest BCUT2D eigenvalue weighted by Crippen LogP contribution is -2.65. The van der Waals surface area contributed by atoms with E-state index in [1.54, 1.807) is 19.9 Å². The van der Waals surface area contributed by atoms with E-state index in [-0.39, 0.29) is 12.1 Å². The molecule has 0 radical (unpaired) electrons. The highest BCUT2D eigenvalue weighted by atomic mass is 16.5. The Hall–Kier alpha value is -2.57. The number of hydrogen-bond donors (Lipinski definition) is 2. The van der Waals surface area contributed by atoms with E-state index in [0.717, 1.165) is 0 Å². The number of ether oxygens (including phenoxy) is 1. The number of nitrogens with one attached hydrogen (secondary N) is 1. The van der Waals surface area contributed by atoms with Gasteiger partial charge < -0.3 is 15.4 Å². The molecule has 1 saturated heterocycles. The van der Waals surface area contributed by atoms with Crippen LogP contribution >= 0.6 is 0 Å². The number of anilines is 1. The largest absolute Gasteiger partial charge is 0.497 e. The van der Waals surface area contributed by atoms with E-state index in [0.29, 0.717) is 11.4 Å². The van der Waals surface area contributed by atoms with Gasteiger partial charge in [-0.3, -0.25) is 19.7 Å². The first-order valence-corrected chi connectivity index (χ1v) is 6.36. The number of nitrogens with zero attached hydrogens (tertiary/aromatic N) is 1. The monoisotopic (exact) mass is 291 g/mol. The van der Waals surface area contributed by atoms with Gasteiger partial charge in [-0.25, -0.2) is 0 Å². The highest BCUT2D eigenvalue weighted by Gasteiger charge is 2.43. The Morgan fingerprint density at radius 3 is 2.62 bits per heavy atom. The Bertz CT molecular complexity index is 625. The van der Waals surface area contributed by atoms with Crippen molar-refractivity contribution in [2.45, 2.75) is 19.4 Å². The zero-order chi connectivity index (χ0) is 15.8. The predicted octanol–water partition coefficient (Wildman–Crippen LogP) is 0.155. The quantitative estimate of drug-likeness (QED) is 0.597. The van der Waals surface area contributed by atoms with Crippen LogP contribution in [0, 0.1) is 0 Å². The van der Waals surface area contributed by atoms with Crippen molar-refractivity contribution in [3.63, 3.8) is 0 Å². The fourth-order valence-corrected chi connectivity index (χ4v) is 2.13. The van der Waals surface area contributed by atoms with Gasteiger partial charge in [0.05, 0.1) is 7.11 Å². The lowest BCUT2D eigenvalue weighted by molar-refractivity contribution is -0.143. The summed E-state index contributed by atoms with van der Waals surface area (Å²) in [5.74, 6) is -1.04. The fraction of sp³-hybridized carbons (Fsp3) is 0.357. The van der Waals surface area contributed by atoms with Crippen molar-refractivity contribution in [1.29, 1.82) is 0 Å². The lowest BCUT2D eigenvalue weighted by atomic mass is 9.97. The van der Waals surface area contributed by atoms with E-state index < -0.39 is 23.3 Å². The molecule has 1 heterocycles. The number of piperazine rings is 1. The van der Waals surface area contributed by atoms with Gasteiger partial charge in [0.15, 0.2) is 0 Å². The molecule has 0 bridgehead atoms. The number of hydrogen-bond acceptors (Lipinski definition) is 5. The van der Waals surface area contributed by atoms with Crippen LogP contribution in [0.5, 0.6) is 5.75 Å². The van der Waals surface area contributed by atoms with Gasteiger partial charge in [0.1, 0.15) is 17.8 Å². The molecule has 1 aromatic rings. The minimum Gasteiger partial charge on any atom is -0.497 e. The summed E-state index contributed by atoms with van der Waals surface area (Å²) in [7, 11) is 1.46. The van der Waals surface area contributed by atoms with E-state index in [4.69, 9.17) is 10.5 Å². The third kappa shape index (κ3) is 2.67. The standard InChI is InChI=1S/C14H17N3O4/c1-14(2)13(20)16-11(18)7-17(14)12(19)8-4-9(15)6-10(5-8)21-3/h4-6H,7,15H2,1-3H3,(H,16,18,20). The minimum atomic E-state index is -1.12. The van der Waals surface area contributed by atoms with Crippen LogP contribution in [0.25, 0.3) is 0 Å². The van der Waals surface area contributed by atoms with Crippen LogP contribution in [0.15, 0.2) is 18.2 Å². The molecule has 0 saturated carbocycles. The molecule has 0 unspecified atom stereocenters. The fourth-order valence-electron chi connectivity index (χ4n) is 2.13. The van der Waals surface area contributed by atoms with Gasteiger partial charge in [-0.05, 0) is 26.0 Å². The third-order valence-electron chi connectivity index (χ3n) is 3.44. The SMILES string of the molecule is COc1cc(N)cc(C(=O)N2CC(=O)NC(=O)C2(C)C)c1. The molecule has 3 N–H and O–H groups in total. The van der Waals surface area contributed by atoms with Crippen molar-refractivity contribution in [2.24, 2.45) is 0 Å². The molecule has 1 aromatic carbocycles. The maximum Gasteiger partial charge on any atom is 0.255 e. The number of carbonyl (C=O) groups excluding carboxylic acids is 3. The summed E-state index contributed by atoms with van der Waals surface area (Å²) < 4.78 is 5.07. The average Bonchev–Trinajstić information content (AvgIpc) is 2.41. The number of amides is 3. The highest BCUT2D eigenvalue weighted by molar-refractivity contribution is 6.09. The van der Waals surface area contributed by atoms with Crippen molar-refractivity contribution >= 4 is 23.4 Å². The summed E-state index contributed by atoms with van der Waals surface area (Å²) in [5.41, 5.74) is 5.24. The molecule has 0 aliphatic carbocycles. The zero-order valence-corrected chi connectivity index (χ0v) is 12.1. The molecule has 1 aliphatic rings. The van der Waals surface area contributed by atoms with Crippen molar-refractivity contribution in [3.05, 3.63) is 23.8 Å². The van der Waals surface area contributed by atoms with Crippen LogP contribution < -0.4 is 15.8 Å². The summed E-state index contributed by atoms with van der Waals surface area (Å²) in [5, 5.41) is 2.22. The number of imide groups is 1. The van der Waals surface area contributed by atoms with Crippen LogP contribution in [-0.4, -0.2) is 41.8 Å². The first-order chi connectivity index (χ1) is 9.75. The first kappa shape index (κ1) is 14.8. The van der Waals surface area contributed by atoms with Gasteiger partial charge in [-0.15, -0.1) is 0 Å². The molecule has 0 aromatic heterocycles. The molecule has 0 atom stereocenters. The normalized spacial score (nSPS) is 17.4. The molecule has 1 fully saturated rings. The summed E-state index contributed by atoms with van der Waals surface area (Å²) in [6, 6.07) is 4.58. The van der Waals surface area contributed by atoms with Crippen LogP contribution in [0.3, 0.4) is 0 Å². The smallest absolute Gasteiger partial charge is 0.255 e. The zero-order valence-electron chi connectivity index (χ0n) is 12.1. The number of methoxy groups -OCH3 is 1. The van der Waals surface area contributed by atoms with E-state index in [1.807, 2.05) is 0 Å². The van der Waals surface area contributed by atoms with Gasteiger partial charge in [0, 0.05) is 17.3 Å². The van der Waals surface area contributed by atoms with E-state index >= 15 is 0 Å². The molecule has 2 rings (SSSR count). The topological polar surface area (TPSA) is 102 Å². The molecule has 0 spiro atoms. The van der Waals surface area contributed by atoms with E-state index in [9.17, 15) is 14.4 Å².